The Labute approximate surface area is 398 Å². The van der Waals surface area contributed by atoms with Crippen LogP contribution in [0.5, 0.6) is 0 Å². The van der Waals surface area contributed by atoms with E-state index in [1.54, 1.807) is 0 Å². The van der Waals surface area contributed by atoms with Gasteiger partial charge in [0, 0.05) is 19.3 Å². The Balaban J connectivity index is 4.56. The summed E-state index contributed by atoms with van der Waals surface area (Å²) in [6.45, 7) is 6.27. The molecule has 0 radical (unpaired) electrons. The van der Waals surface area contributed by atoms with Crippen molar-refractivity contribution in [2.75, 3.05) is 13.2 Å². The van der Waals surface area contributed by atoms with Crippen LogP contribution < -0.4 is 0 Å². The molecule has 0 heterocycles. The lowest BCUT2D eigenvalue weighted by Gasteiger charge is -2.18. The second kappa shape index (κ2) is 52.2. The summed E-state index contributed by atoms with van der Waals surface area (Å²) in [7, 11) is 0. The van der Waals surface area contributed by atoms with Crippen molar-refractivity contribution in [3.63, 3.8) is 0 Å². The largest absolute Gasteiger partial charge is 0.462 e. The maximum absolute atomic E-state index is 12.8. The van der Waals surface area contributed by atoms with Crippen LogP contribution in [0.2, 0.25) is 0 Å². The van der Waals surface area contributed by atoms with E-state index in [2.05, 4.69) is 106 Å². The SMILES string of the molecule is CC\C=C/C=C\C=C/C=C\C=C/CCCCCC(=O)OC(COC(=O)CCCCC/C=C\C/C=C\C/C=C\C/C=C\C/C=C\CC)COC(=O)CCCCC/C=C\CCCCCCCC. The van der Waals surface area contributed by atoms with Crippen LogP contribution in [0.3, 0.4) is 0 Å². The Hall–Kier alpha value is -4.45. The Bertz CT molecular complexity index is 1450. The molecule has 65 heavy (non-hydrogen) atoms. The minimum absolute atomic E-state index is 0.119. The number of carbonyl (C=O) groups excluding carboxylic acids is 3. The van der Waals surface area contributed by atoms with Gasteiger partial charge in [0.2, 0.25) is 0 Å². The molecule has 0 aliphatic heterocycles. The lowest BCUT2D eigenvalue weighted by atomic mass is 10.1. The van der Waals surface area contributed by atoms with Crippen molar-refractivity contribution >= 4 is 17.9 Å². The third kappa shape index (κ3) is 50.4. The standard InChI is InChI=1S/C59H92O6/c1-4-7-10-13-16-19-22-25-27-28-29-30-32-34-37-40-43-46-49-52-58(61)64-55-56(54-63-57(60)51-48-45-42-39-36-33-24-21-18-15-12-9-6-3)65-59(62)53-50-47-44-41-38-35-31-26-23-20-17-14-11-8-5-2/h7-8,10-11,14,16-17,19-20,23,25-27,29-31,33-38,56H,4-6,9,12-13,15,18,21-22,24,28,32,39-55H2,1-3H3/b10-7-,11-8-,17-14-,19-16-,23-20-,27-25-,30-29-,31-26-,36-33-,37-34-,38-35-. The molecule has 0 amide bonds. The van der Waals surface area contributed by atoms with E-state index in [4.69, 9.17) is 14.2 Å². The summed E-state index contributed by atoms with van der Waals surface area (Å²) < 4.78 is 16.7. The summed E-state index contributed by atoms with van der Waals surface area (Å²) in [6.07, 6.45) is 72.9. The molecule has 0 aliphatic carbocycles. The van der Waals surface area contributed by atoms with Crippen LogP contribution in [0.1, 0.15) is 201 Å². The number of hydrogen-bond donors (Lipinski definition) is 0. The molecule has 1 atom stereocenters. The fraction of sp³-hybridized carbons (Fsp3) is 0.576. The van der Waals surface area contributed by atoms with Crippen molar-refractivity contribution in [3.8, 4) is 0 Å². The molecule has 364 valence electrons. The van der Waals surface area contributed by atoms with E-state index in [0.29, 0.717) is 19.3 Å². The molecule has 6 heteroatoms. The van der Waals surface area contributed by atoms with Crippen molar-refractivity contribution < 1.29 is 28.6 Å². The van der Waals surface area contributed by atoms with Gasteiger partial charge >= 0.3 is 17.9 Å². The highest BCUT2D eigenvalue weighted by atomic mass is 16.6. The second-order valence-electron chi connectivity index (χ2n) is 16.4. The van der Waals surface area contributed by atoms with Gasteiger partial charge in [-0.1, -0.05) is 206 Å². The second-order valence-corrected chi connectivity index (χ2v) is 16.4. The Kier molecular flexibility index (Phi) is 48.6. The third-order valence-corrected chi connectivity index (χ3v) is 10.2. The number of carbonyl (C=O) groups is 3. The van der Waals surface area contributed by atoms with E-state index in [0.717, 1.165) is 116 Å². The number of hydrogen-bond acceptors (Lipinski definition) is 6. The van der Waals surface area contributed by atoms with Crippen LogP contribution in [-0.4, -0.2) is 37.2 Å². The molecular weight excluding hydrogens is 805 g/mol. The van der Waals surface area contributed by atoms with Crippen LogP contribution in [0.15, 0.2) is 134 Å². The van der Waals surface area contributed by atoms with Crippen molar-refractivity contribution in [2.45, 2.75) is 207 Å². The summed E-state index contributed by atoms with van der Waals surface area (Å²) in [5.41, 5.74) is 0. The van der Waals surface area contributed by atoms with Crippen molar-refractivity contribution in [1.29, 1.82) is 0 Å². The fourth-order valence-corrected chi connectivity index (χ4v) is 6.42. The Morgan fingerprint density at radius 1 is 0.338 bits per heavy atom. The summed E-state index contributed by atoms with van der Waals surface area (Å²) in [5, 5.41) is 0. The molecule has 0 rings (SSSR count). The van der Waals surface area contributed by atoms with Gasteiger partial charge in [0.1, 0.15) is 13.2 Å². The molecule has 0 bridgehead atoms. The molecule has 0 aromatic heterocycles. The van der Waals surface area contributed by atoms with Crippen molar-refractivity contribution in [1.82, 2.24) is 0 Å². The fourth-order valence-electron chi connectivity index (χ4n) is 6.42. The zero-order valence-corrected chi connectivity index (χ0v) is 41.4. The van der Waals surface area contributed by atoms with Crippen LogP contribution in [0.25, 0.3) is 0 Å². The number of ether oxygens (including phenoxy) is 3. The number of allylic oxidation sites excluding steroid dienone is 22. The zero-order chi connectivity index (χ0) is 47.2. The zero-order valence-electron chi connectivity index (χ0n) is 41.4. The lowest BCUT2D eigenvalue weighted by Crippen LogP contribution is -2.30. The third-order valence-electron chi connectivity index (χ3n) is 10.2. The summed E-state index contributed by atoms with van der Waals surface area (Å²) in [6, 6.07) is 0. The number of unbranched alkanes of at least 4 members (excludes halogenated alkanes) is 15. The minimum Gasteiger partial charge on any atom is -0.462 e. The minimum atomic E-state index is -0.824. The molecule has 0 aromatic carbocycles. The quantitative estimate of drug-likeness (QED) is 0.0199. The van der Waals surface area contributed by atoms with Gasteiger partial charge < -0.3 is 14.2 Å². The van der Waals surface area contributed by atoms with E-state index in [1.165, 1.54) is 38.5 Å². The molecule has 0 N–H and O–H groups in total. The van der Waals surface area contributed by atoms with Gasteiger partial charge in [0.15, 0.2) is 6.10 Å². The Morgan fingerprint density at radius 3 is 1.14 bits per heavy atom. The maximum Gasteiger partial charge on any atom is 0.306 e. The topological polar surface area (TPSA) is 78.9 Å². The molecule has 0 spiro atoms. The summed E-state index contributed by atoms with van der Waals surface area (Å²) >= 11 is 0. The molecule has 0 aliphatic rings. The summed E-state index contributed by atoms with van der Waals surface area (Å²) in [5.74, 6) is -1.02. The first-order chi connectivity index (χ1) is 32.0. The van der Waals surface area contributed by atoms with Gasteiger partial charge in [-0.05, 0) is 109 Å². The predicted molar refractivity (Wildman–Crippen MR) is 279 cm³/mol. The van der Waals surface area contributed by atoms with Gasteiger partial charge in [-0.3, -0.25) is 14.4 Å². The van der Waals surface area contributed by atoms with Crippen LogP contribution in [-0.2, 0) is 28.6 Å². The van der Waals surface area contributed by atoms with E-state index in [9.17, 15) is 14.4 Å². The van der Waals surface area contributed by atoms with Gasteiger partial charge in [-0.15, -0.1) is 0 Å². The summed E-state index contributed by atoms with van der Waals surface area (Å²) in [4.78, 5) is 38.0. The highest BCUT2D eigenvalue weighted by molar-refractivity contribution is 5.71. The van der Waals surface area contributed by atoms with E-state index >= 15 is 0 Å². The van der Waals surface area contributed by atoms with Gasteiger partial charge in [-0.25, -0.2) is 0 Å². The molecule has 6 nitrogen and oxygen atoms in total. The maximum atomic E-state index is 12.8. The number of esters is 3. The lowest BCUT2D eigenvalue weighted by molar-refractivity contribution is -0.167. The first kappa shape index (κ1) is 60.6. The highest BCUT2D eigenvalue weighted by Gasteiger charge is 2.19. The average molecular weight is 897 g/mol. The van der Waals surface area contributed by atoms with Gasteiger partial charge in [-0.2, -0.15) is 0 Å². The molecule has 0 saturated heterocycles. The van der Waals surface area contributed by atoms with Crippen molar-refractivity contribution in [2.24, 2.45) is 0 Å². The van der Waals surface area contributed by atoms with Crippen LogP contribution in [0.4, 0.5) is 0 Å². The predicted octanol–water partition coefficient (Wildman–Crippen LogP) is 17.1. The monoisotopic (exact) mass is 897 g/mol. The van der Waals surface area contributed by atoms with Gasteiger partial charge in [0.05, 0.1) is 0 Å². The first-order valence-electron chi connectivity index (χ1n) is 25.8. The first-order valence-corrected chi connectivity index (χ1v) is 25.8. The van der Waals surface area contributed by atoms with Crippen LogP contribution in [0, 0.1) is 0 Å². The molecule has 0 fully saturated rings. The van der Waals surface area contributed by atoms with E-state index in [1.807, 2.05) is 48.6 Å². The van der Waals surface area contributed by atoms with E-state index < -0.39 is 6.10 Å². The van der Waals surface area contributed by atoms with E-state index in [-0.39, 0.29) is 37.5 Å². The highest BCUT2D eigenvalue weighted by Crippen LogP contribution is 2.12. The van der Waals surface area contributed by atoms with Crippen molar-refractivity contribution in [3.05, 3.63) is 134 Å². The Morgan fingerprint density at radius 2 is 0.677 bits per heavy atom. The normalized spacial score (nSPS) is 13.2. The molecule has 0 aromatic rings. The van der Waals surface area contributed by atoms with Gasteiger partial charge in [0.25, 0.3) is 0 Å². The number of rotatable bonds is 44. The molecule has 0 saturated carbocycles. The smallest absolute Gasteiger partial charge is 0.306 e. The average Bonchev–Trinajstić information content (AvgIpc) is 3.30. The molecule has 1 unspecified atom stereocenters. The van der Waals surface area contributed by atoms with Crippen LogP contribution >= 0.6 is 0 Å². The molecular formula is C59H92O6.